The summed E-state index contributed by atoms with van der Waals surface area (Å²) in [5.74, 6) is -0.310. The molecule has 0 aliphatic heterocycles. The van der Waals surface area contributed by atoms with Crippen LogP contribution in [0.25, 0.3) is 6.08 Å². The number of halogens is 2. The number of aryl methyl sites for hydroxylation is 1. The highest BCUT2D eigenvalue weighted by atomic mass is 35.5. The molecule has 0 saturated heterocycles. The number of nitrogens with zero attached hydrogens (tertiary/aromatic N) is 2. The van der Waals surface area contributed by atoms with Gasteiger partial charge in [-0.15, -0.1) is 0 Å². The Kier molecular flexibility index (Phi) is 2.76. The second kappa shape index (κ2) is 3.63. The molecule has 64 valence electrons. The maximum atomic E-state index is 12.4. The zero-order valence-electron chi connectivity index (χ0n) is 6.81. The summed E-state index contributed by atoms with van der Waals surface area (Å²) in [4.78, 5) is 7.83. The van der Waals surface area contributed by atoms with Crippen LogP contribution in [0.5, 0.6) is 0 Å². The summed E-state index contributed by atoms with van der Waals surface area (Å²) >= 11 is 5.57. The highest BCUT2D eigenvalue weighted by molar-refractivity contribution is 6.29. The van der Waals surface area contributed by atoms with E-state index in [1.807, 2.05) is 0 Å². The Morgan fingerprint density at radius 2 is 2.33 bits per heavy atom. The number of hydrogen-bond donors (Lipinski definition) is 0. The lowest BCUT2D eigenvalue weighted by Gasteiger charge is -1.97. The molecule has 4 heteroatoms. The van der Waals surface area contributed by atoms with Crippen molar-refractivity contribution in [1.82, 2.24) is 9.97 Å². The van der Waals surface area contributed by atoms with Gasteiger partial charge in [0.15, 0.2) is 0 Å². The minimum Gasteiger partial charge on any atom is -0.256 e. The van der Waals surface area contributed by atoms with Crippen molar-refractivity contribution in [2.24, 2.45) is 0 Å². The van der Waals surface area contributed by atoms with Gasteiger partial charge in [-0.1, -0.05) is 11.6 Å². The molecule has 0 N–H and O–H groups in total. The third-order valence-electron chi connectivity index (χ3n) is 1.30. The molecule has 0 atom stereocenters. The van der Waals surface area contributed by atoms with Crippen LogP contribution in [-0.2, 0) is 0 Å². The predicted molar refractivity (Wildman–Crippen MR) is 46.5 cm³/mol. The van der Waals surface area contributed by atoms with Crippen LogP contribution in [0.15, 0.2) is 12.0 Å². The molecule has 0 amide bonds. The molecule has 0 spiro atoms. The fourth-order valence-electron chi connectivity index (χ4n) is 0.766. The molecule has 12 heavy (non-hydrogen) atoms. The van der Waals surface area contributed by atoms with Gasteiger partial charge in [-0.3, -0.25) is 4.98 Å². The average molecular weight is 187 g/mol. The van der Waals surface area contributed by atoms with Crippen LogP contribution in [0.2, 0.25) is 5.15 Å². The van der Waals surface area contributed by atoms with Crippen molar-refractivity contribution in [3.05, 3.63) is 28.6 Å². The van der Waals surface area contributed by atoms with Gasteiger partial charge in [0.05, 0.1) is 23.4 Å². The molecule has 1 heterocycles. The second-order valence-electron chi connectivity index (χ2n) is 2.39. The van der Waals surface area contributed by atoms with Crippen LogP contribution in [0.4, 0.5) is 4.39 Å². The Hall–Kier alpha value is -0.960. The molecule has 0 aliphatic rings. The fraction of sp³-hybridized carbons (Fsp3) is 0.250. The third kappa shape index (κ3) is 2.27. The van der Waals surface area contributed by atoms with Crippen LogP contribution in [-0.4, -0.2) is 9.97 Å². The number of rotatable bonds is 1. The number of hydrogen-bond acceptors (Lipinski definition) is 2. The first-order valence-electron chi connectivity index (χ1n) is 3.42. The van der Waals surface area contributed by atoms with Crippen LogP contribution in [0.3, 0.4) is 0 Å². The first kappa shape index (κ1) is 9.13. The summed E-state index contributed by atoms with van der Waals surface area (Å²) in [6, 6.07) is 0. The minimum atomic E-state index is -0.310. The summed E-state index contributed by atoms with van der Waals surface area (Å²) in [5.41, 5.74) is 1.14. The summed E-state index contributed by atoms with van der Waals surface area (Å²) in [5, 5.41) is 0.271. The molecule has 2 nitrogen and oxygen atoms in total. The molecule has 0 radical (unpaired) electrons. The SMILES string of the molecule is C/C(F)=C\c1nc(Cl)cnc1C. The second-order valence-corrected chi connectivity index (χ2v) is 2.78. The molecule has 1 rings (SSSR count). The average Bonchev–Trinajstić information content (AvgIpc) is 1.96. The first-order valence-corrected chi connectivity index (χ1v) is 3.80. The number of aromatic nitrogens is 2. The van der Waals surface area contributed by atoms with Crippen molar-refractivity contribution in [2.75, 3.05) is 0 Å². The van der Waals surface area contributed by atoms with Gasteiger partial charge in [-0.25, -0.2) is 9.37 Å². The first-order chi connectivity index (χ1) is 5.59. The van der Waals surface area contributed by atoms with Crippen LogP contribution >= 0.6 is 11.6 Å². The van der Waals surface area contributed by atoms with Gasteiger partial charge >= 0.3 is 0 Å². The van der Waals surface area contributed by atoms with E-state index in [0.29, 0.717) is 11.4 Å². The van der Waals surface area contributed by atoms with E-state index in [4.69, 9.17) is 11.6 Å². The zero-order valence-corrected chi connectivity index (χ0v) is 7.56. The Balaban J connectivity index is 3.14. The van der Waals surface area contributed by atoms with Gasteiger partial charge in [0, 0.05) is 0 Å². The lowest BCUT2D eigenvalue weighted by atomic mass is 10.3. The van der Waals surface area contributed by atoms with Gasteiger partial charge < -0.3 is 0 Å². The van der Waals surface area contributed by atoms with Crippen molar-refractivity contribution in [1.29, 1.82) is 0 Å². The molecule has 1 aromatic rings. The normalized spacial score (nSPS) is 11.8. The highest BCUT2D eigenvalue weighted by Crippen LogP contribution is 2.11. The molecule has 0 bridgehead atoms. The third-order valence-corrected chi connectivity index (χ3v) is 1.48. The lowest BCUT2D eigenvalue weighted by Crippen LogP contribution is -1.91. The van der Waals surface area contributed by atoms with E-state index in [1.165, 1.54) is 19.2 Å². The topological polar surface area (TPSA) is 25.8 Å². The van der Waals surface area contributed by atoms with Crippen molar-refractivity contribution < 1.29 is 4.39 Å². The Morgan fingerprint density at radius 3 is 2.92 bits per heavy atom. The van der Waals surface area contributed by atoms with E-state index >= 15 is 0 Å². The van der Waals surface area contributed by atoms with Gasteiger partial charge in [0.2, 0.25) is 0 Å². The predicted octanol–water partition coefficient (Wildman–Crippen LogP) is 2.77. The molecule has 0 aromatic carbocycles. The molecule has 0 aliphatic carbocycles. The monoisotopic (exact) mass is 186 g/mol. The summed E-state index contributed by atoms with van der Waals surface area (Å²) in [6.07, 6.45) is 2.73. The fourth-order valence-corrected chi connectivity index (χ4v) is 0.906. The Morgan fingerprint density at radius 1 is 1.67 bits per heavy atom. The summed E-state index contributed by atoms with van der Waals surface area (Å²) in [7, 11) is 0. The van der Waals surface area contributed by atoms with E-state index in [0.717, 1.165) is 0 Å². The van der Waals surface area contributed by atoms with Crippen molar-refractivity contribution in [3.63, 3.8) is 0 Å². The maximum absolute atomic E-state index is 12.4. The molecular weight excluding hydrogens is 179 g/mol. The van der Waals surface area contributed by atoms with Gasteiger partial charge in [-0.2, -0.15) is 0 Å². The largest absolute Gasteiger partial charge is 0.256 e. The lowest BCUT2D eigenvalue weighted by molar-refractivity contribution is 0.647. The summed E-state index contributed by atoms with van der Waals surface area (Å²) < 4.78 is 12.4. The Bertz CT molecular complexity index is 319. The van der Waals surface area contributed by atoms with E-state index < -0.39 is 0 Å². The van der Waals surface area contributed by atoms with Crippen molar-refractivity contribution in [2.45, 2.75) is 13.8 Å². The van der Waals surface area contributed by atoms with E-state index in [-0.39, 0.29) is 11.0 Å². The zero-order chi connectivity index (χ0) is 9.14. The molecule has 0 unspecified atom stereocenters. The van der Waals surface area contributed by atoms with Crippen LogP contribution in [0.1, 0.15) is 18.3 Å². The van der Waals surface area contributed by atoms with Crippen LogP contribution in [0, 0.1) is 6.92 Å². The van der Waals surface area contributed by atoms with Gasteiger partial charge in [-0.05, 0) is 19.9 Å². The van der Waals surface area contributed by atoms with E-state index in [1.54, 1.807) is 6.92 Å². The molecular formula is C8H8ClFN2. The van der Waals surface area contributed by atoms with Crippen molar-refractivity contribution >= 4 is 17.7 Å². The van der Waals surface area contributed by atoms with E-state index in [2.05, 4.69) is 9.97 Å². The maximum Gasteiger partial charge on any atom is 0.148 e. The highest BCUT2D eigenvalue weighted by Gasteiger charge is 1.99. The Labute approximate surface area is 75.1 Å². The molecule has 0 saturated carbocycles. The smallest absolute Gasteiger partial charge is 0.148 e. The number of allylic oxidation sites excluding steroid dienone is 1. The minimum absolute atomic E-state index is 0.271. The molecule has 0 fully saturated rings. The van der Waals surface area contributed by atoms with E-state index in [9.17, 15) is 4.39 Å². The van der Waals surface area contributed by atoms with Crippen molar-refractivity contribution in [3.8, 4) is 0 Å². The molecule has 1 aromatic heterocycles. The van der Waals surface area contributed by atoms with Crippen LogP contribution < -0.4 is 0 Å². The van der Waals surface area contributed by atoms with Gasteiger partial charge in [0.25, 0.3) is 0 Å². The standard InChI is InChI=1S/C8H8ClFN2/c1-5(10)3-7-6(2)11-4-8(9)12-7/h3-4H,1-2H3/b5-3+. The van der Waals surface area contributed by atoms with Gasteiger partial charge in [0.1, 0.15) is 5.15 Å². The quantitative estimate of drug-likeness (QED) is 0.674. The summed E-state index contributed by atoms with van der Waals surface area (Å²) in [6.45, 7) is 3.10.